The smallest absolute Gasteiger partial charge is 0.326 e. The summed E-state index contributed by atoms with van der Waals surface area (Å²) in [6.45, 7) is -0.0706. The number of halogens is 3. The van der Waals surface area contributed by atoms with E-state index in [1.54, 1.807) is 0 Å². The van der Waals surface area contributed by atoms with Gasteiger partial charge < -0.3 is 10.6 Å². The second-order valence-corrected chi connectivity index (χ2v) is 6.55. The normalized spacial score (nSPS) is 19.1. The van der Waals surface area contributed by atoms with Gasteiger partial charge in [-0.15, -0.1) is 0 Å². The topological polar surface area (TPSA) is 78.5 Å². The fourth-order valence-corrected chi connectivity index (χ4v) is 3.38. The van der Waals surface area contributed by atoms with Crippen molar-refractivity contribution in [1.82, 2.24) is 10.2 Å². The van der Waals surface area contributed by atoms with E-state index >= 15 is 0 Å². The Hall–Kier alpha value is -2.58. The highest BCUT2D eigenvalue weighted by atomic mass is 19.4. The predicted octanol–water partition coefficient (Wildman–Crippen LogP) is 2.90. The zero-order chi connectivity index (χ0) is 18.9. The van der Waals surface area contributed by atoms with Gasteiger partial charge in [-0.25, -0.2) is 4.79 Å². The average Bonchev–Trinajstić information content (AvgIpc) is 3.12. The van der Waals surface area contributed by atoms with Crippen molar-refractivity contribution in [2.24, 2.45) is 0 Å². The van der Waals surface area contributed by atoms with E-state index < -0.39 is 29.2 Å². The summed E-state index contributed by atoms with van der Waals surface area (Å²) in [6.07, 6.45) is -1.63. The van der Waals surface area contributed by atoms with Gasteiger partial charge in [-0.3, -0.25) is 14.5 Å². The largest absolute Gasteiger partial charge is 0.416 e. The van der Waals surface area contributed by atoms with Crippen molar-refractivity contribution < 1.29 is 27.6 Å². The Balaban J connectivity index is 1.54. The molecule has 0 atom stereocenters. The molecule has 0 unspecified atom stereocenters. The summed E-state index contributed by atoms with van der Waals surface area (Å²) < 4.78 is 37.5. The van der Waals surface area contributed by atoms with Crippen LogP contribution in [0.4, 0.5) is 23.7 Å². The summed E-state index contributed by atoms with van der Waals surface area (Å²) in [5, 5.41) is 5.18. The Labute approximate surface area is 147 Å². The monoisotopic (exact) mass is 369 g/mol. The number of carbonyl (C=O) groups excluding carboxylic acids is 3. The molecule has 1 aromatic rings. The zero-order valence-electron chi connectivity index (χ0n) is 13.9. The highest BCUT2D eigenvalue weighted by Crippen LogP contribution is 2.35. The molecule has 0 bridgehead atoms. The van der Waals surface area contributed by atoms with Gasteiger partial charge in [-0.1, -0.05) is 12.8 Å². The fraction of sp³-hybridized carbons (Fsp3) is 0.471. The van der Waals surface area contributed by atoms with Gasteiger partial charge in [0.15, 0.2) is 0 Å². The summed E-state index contributed by atoms with van der Waals surface area (Å²) >= 11 is 0. The van der Waals surface area contributed by atoms with Crippen LogP contribution >= 0.6 is 0 Å². The predicted molar refractivity (Wildman–Crippen MR) is 86.1 cm³/mol. The molecular formula is C17H18F3N3O3. The summed E-state index contributed by atoms with van der Waals surface area (Å²) in [4.78, 5) is 37.5. The molecule has 1 spiro atoms. The van der Waals surface area contributed by atoms with Crippen molar-refractivity contribution in [2.75, 3.05) is 11.9 Å². The highest BCUT2D eigenvalue weighted by Gasteiger charge is 2.52. The lowest BCUT2D eigenvalue weighted by Crippen LogP contribution is -2.44. The van der Waals surface area contributed by atoms with Crippen LogP contribution in [0.25, 0.3) is 0 Å². The van der Waals surface area contributed by atoms with E-state index in [9.17, 15) is 27.6 Å². The van der Waals surface area contributed by atoms with Crippen molar-refractivity contribution >= 4 is 23.5 Å². The van der Waals surface area contributed by atoms with Crippen molar-refractivity contribution in [2.45, 2.75) is 43.8 Å². The van der Waals surface area contributed by atoms with Crippen LogP contribution < -0.4 is 10.6 Å². The van der Waals surface area contributed by atoms with Gasteiger partial charge in [0, 0.05) is 18.7 Å². The first kappa shape index (κ1) is 18.2. The van der Waals surface area contributed by atoms with Gasteiger partial charge in [0.25, 0.3) is 5.91 Å². The SMILES string of the molecule is O=C(CCN1C(=O)NC2(CCCC2)C1=O)Nc1ccc(C(F)(F)F)cc1. The van der Waals surface area contributed by atoms with E-state index in [-0.39, 0.29) is 24.6 Å². The lowest BCUT2D eigenvalue weighted by molar-refractivity contribution is -0.137. The van der Waals surface area contributed by atoms with Gasteiger partial charge in [0.05, 0.1) is 5.56 Å². The summed E-state index contributed by atoms with van der Waals surface area (Å²) in [6, 6.07) is 3.55. The second-order valence-electron chi connectivity index (χ2n) is 6.55. The molecule has 1 aliphatic carbocycles. The first-order valence-corrected chi connectivity index (χ1v) is 8.32. The number of hydrogen-bond acceptors (Lipinski definition) is 3. The van der Waals surface area contributed by atoms with Gasteiger partial charge in [0.2, 0.25) is 5.91 Å². The molecule has 0 radical (unpaired) electrons. The van der Waals surface area contributed by atoms with E-state index in [1.165, 1.54) is 0 Å². The average molecular weight is 369 g/mol. The van der Waals surface area contributed by atoms with E-state index in [0.29, 0.717) is 12.8 Å². The summed E-state index contributed by atoms with van der Waals surface area (Å²) in [5.74, 6) is -0.792. The number of nitrogens with one attached hydrogen (secondary N) is 2. The standard InChI is InChI=1S/C17H18F3N3O3/c18-17(19,20)11-3-5-12(6-4-11)21-13(24)7-10-23-14(25)16(22-15(23)26)8-1-2-9-16/h3-6H,1-2,7-10H2,(H,21,24)(H,22,26). The number of anilines is 1. The van der Waals surface area contributed by atoms with Crippen molar-refractivity contribution in [3.8, 4) is 0 Å². The number of urea groups is 1. The number of nitrogens with zero attached hydrogens (tertiary/aromatic N) is 1. The molecular weight excluding hydrogens is 351 g/mol. The van der Waals surface area contributed by atoms with Crippen LogP contribution in [0.15, 0.2) is 24.3 Å². The quantitative estimate of drug-likeness (QED) is 0.801. The van der Waals surface area contributed by atoms with Gasteiger partial charge in [-0.05, 0) is 37.1 Å². The van der Waals surface area contributed by atoms with Crippen molar-refractivity contribution in [1.29, 1.82) is 0 Å². The molecule has 1 aromatic carbocycles. The third-order valence-corrected chi connectivity index (χ3v) is 4.76. The fourth-order valence-electron chi connectivity index (χ4n) is 3.38. The van der Waals surface area contributed by atoms with Gasteiger partial charge in [0.1, 0.15) is 5.54 Å². The molecule has 1 aliphatic heterocycles. The number of carbonyl (C=O) groups is 3. The lowest BCUT2D eigenvalue weighted by Gasteiger charge is -2.19. The minimum atomic E-state index is -4.44. The molecule has 3 rings (SSSR count). The maximum atomic E-state index is 12.5. The number of benzene rings is 1. The number of rotatable bonds is 4. The summed E-state index contributed by atoms with van der Waals surface area (Å²) in [5.41, 5.74) is -1.41. The van der Waals surface area contributed by atoms with E-state index in [0.717, 1.165) is 42.0 Å². The van der Waals surface area contributed by atoms with E-state index in [2.05, 4.69) is 10.6 Å². The number of amides is 4. The minimum Gasteiger partial charge on any atom is -0.326 e. The maximum absolute atomic E-state index is 12.5. The molecule has 0 aromatic heterocycles. The van der Waals surface area contributed by atoms with Crippen molar-refractivity contribution in [3.05, 3.63) is 29.8 Å². The van der Waals surface area contributed by atoms with Crippen molar-refractivity contribution in [3.63, 3.8) is 0 Å². The molecule has 2 N–H and O–H groups in total. The first-order valence-electron chi connectivity index (χ1n) is 8.32. The Kier molecular flexibility index (Phi) is 4.64. The van der Waals surface area contributed by atoms with Gasteiger partial charge >= 0.3 is 12.2 Å². The Morgan fingerprint density at radius 3 is 2.35 bits per heavy atom. The second kappa shape index (κ2) is 6.62. The molecule has 1 saturated heterocycles. The number of hydrogen-bond donors (Lipinski definition) is 2. The minimum absolute atomic E-state index is 0.0706. The molecule has 1 heterocycles. The Morgan fingerprint density at radius 2 is 1.77 bits per heavy atom. The van der Waals surface area contributed by atoms with E-state index in [1.807, 2.05) is 0 Å². The molecule has 2 fully saturated rings. The van der Waals surface area contributed by atoms with E-state index in [4.69, 9.17) is 0 Å². The van der Waals surface area contributed by atoms with Crippen LogP contribution in [0.3, 0.4) is 0 Å². The van der Waals surface area contributed by atoms with Crippen LogP contribution in [0, 0.1) is 0 Å². The Morgan fingerprint density at radius 1 is 1.15 bits per heavy atom. The van der Waals surface area contributed by atoms with Crippen LogP contribution in [-0.4, -0.2) is 34.8 Å². The highest BCUT2D eigenvalue weighted by molar-refractivity contribution is 6.07. The number of imide groups is 1. The van der Waals surface area contributed by atoms with Crippen LogP contribution in [0.5, 0.6) is 0 Å². The third-order valence-electron chi connectivity index (χ3n) is 4.76. The molecule has 26 heavy (non-hydrogen) atoms. The zero-order valence-corrected chi connectivity index (χ0v) is 13.9. The summed E-state index contributed by atoms with van der Waals surface area (Å²) in [7, 11) is 0. The third kappa shape index (κ3) is 3.51. The Bertz CT molecular complexity index is 725. The molecule has 140 valence electrons. The maximum Gasteiger partial charge on any atom is 0.416 e. The first-order chi connectivity index (χ1) is 12.2. The molecule has 6 nitrogen and oxygen atoms in total. The van der Waals surface area contributed by atoms with Crippen LogP contribution in [0.1, 0.15) is 37.7 Å². The molecule has 4 amide bonds. The lowest BCUT2D eigenvalue weighted by atomic mass is 9.98. The van der Waals surface area contributed by atoms with Crippen LogP contribution in [-0.2, 0) is 15.8 Å². The number of alkyl halides is 3. The van der Waals surface area contributed by atoms with Crippen LogP contribution in [0.2, 0.25) is 0 Å². The molecule has 1 saturated carbocycles. The van der Waals surface area contributed by atoms with Gasteiger partial charge in [-0.2, -0.15) is 13.2 Å². The molecule has 2 aliphatic rings. The molecule has 9 heteroatoms.